The number of ether oxygens (including phenoxy) is 2. The Hall–Kier alpha value is -7.66. The van der Waals surface area contributed by atoms with Gasteiger partial charge < -0.3 is 9.47 Å². The van der Waals surface area contributed by atoms with Gasteiger partial charge in [-0.3, -0.25) is 0 Å². The van der Waals surface area contributed by atoms with Gasteiger partial charge in [0.05, 0.1) is 23.3 Å². The smallest absolute Gasteiger partial charge is 0.135 e. The maximum atomic E-state index is 10.7. The van der Waals surface area contributed by atoms with Gasteiger partial charge in [-0.15, -0.1) is 0 Å². The highest BCUT2D eigenvalue weighted by atomic mass is 16.5. The summed E-state index contributed by atoms with van der Waals surface area (Å²) in [5.41, 5.74) is 9.44. The molecule has 0 saturated carbocycles. The second-order valence-electron chi connectivity index (χ2n) is 14.1. The predicted molar refractivity (Wildman–Crippen MR) is 216 cm³/mol. The van der Waals surface area contributed by atoms with Crippen molar-refractivity contribution in [3.63, 3.8) is 0 Å². The Bertz CT molecular complexity index is 3420. The third kappa shape index (κ3) is 3.68. The summed E-state index contributed by atoms with van der Waals surface area (Å²) in [6.07, 6.45) is 0. The monoisotopic (exact) mass is 684 g/mol. The van der Waals surface area contributed by atoms with Gasteiger partial charge in [0.2, 0.25) is 0 Å². The summed E-state index contributed by atoms with van der Waals surface area (Å²) in [4.78, 5) is 0. The molecule has 10 aromatic rings. The number of rotatable bonds is 2. The van der Waals surface area contributed by atoms with Crippen LogP contribution in [0.3, 0.4) is 0 Å². The molecule has 4 heteroatoms. The molecule has 0 saturated heterocycles. The zero-order chi connectivity index (χ0) is 35.7. The summed E-state index contributed by atoms with van der Waals surface area (Å²) in [7, 11) is 0. The molecule has 0 fully saturated rings. The Labute approximate surface area is 309 Å². The van der Waals surface area contributed by atoms with Crippen LogP contribution in [0.15, 0.2) is 146 Å². The molecule has 10 aromatic carbocycles. The average Bonchev–Trinajstić information content (AvgIpc) is 3.23. The van der Waals surface area contributed by atoms with E-state index >= 15 is 0 Å². The van der Waals surface area contributed by atoms with Crippen LogP contribution in [-0.2, 0) is 0 Å². The molecule has 0 amide bonds. The van der Waals surface area contributed by atoms with Gasteiger partial charge in [-0.2, -0.15) is 10.5 Å². The van der Waals surface area contributed by atoms with Gasteiger partial charge in [-0.05, 0) is 102 Å². The maximum absolute atomic E-state index is 10.7. The van der Waals surface area contributed by atoms with Gasteiger partial charge in [0.1, 0.15) is 23.0 Å². The highest BCUT2D eigenvalue weighted by Crippen LogP contribution is 2.53. The Morgan fingerprint density at radius 3 is 1.65 bits per heavy atom. The second kappa shape index (κ2) is 10.5. The van der Waals surface area contributed by atoms with Crippen LogP contribution in [0, 0.1) is 22.7 Å². The quantitative estimate of drug-likeness (QED) is 0.170. The molecule has 0 atom stereocenters. The largest absolute Gasteiger partial charge is 0.456 e. The van der Waals surface area contributed by atoms with E-state index in [-0.39, 0.29) is 0 Å². The highest BCUT2D eigenvalue weighted by Gasteiger charge is 2.26. The van der Waals surface area contributed by atoms with Crippen LogP contribution in [0.5, 0.6) is 23.0 Å². The van der Waals surface area contributed by atoms with Crippen molar-refractivity contribution in [2.45, 2.75) is 0 Å². The number of benzene rings is 10. The van der Waals surface area contributed by atoms with Crippen molar-refractivity contribution >= 4 is 53.9 Å². The average molecular weight is 685 g/mol. The van der Waals surface area contributed by atoms with Crippen molar-refractivity contribution in [1.29, 1.82) is 10.5 Å². The lowest BCUT2D eigenvalue weighted by Gasteiger charge is -2.24. The van der Waals surface area contributed by atoms with Gasteiger partial charge in [-0.1, -0.05) is 109 Å². The molecule has 0 aromatic heterocycles. The molecule has 12 rings (SSSR count). The van der Waals surface area contributed by atoms with E-state index in [2.05, 4.69) is 97.1 Å². The molecule has 0 aliphatic carbocycles. The summed E-state index contributed by atoms with van der Waals surface area (Å²) in [6.45, 7) is 0. The van der Waals surface area contributed by atoms with Crippen molar-refractivity contribution in [2.24, 2.45) is 0 Å². The molecule has 0 bridgehead atoms. The van der Waals surface area contributed by atoms with Crippen LogP contribution >= 0.6 is 0 Å². The Balaban J connectivity index is 1.16. The van der Waals surface area contributed by atoms with E-state index in [1.807, 2.05) is 60.7 Å². The summed E-state index contributed by atoms with van der Waals surface area (Å²) < 4.78 is 12.9. The lowest BCUT2D eigenvalue weighted by molar-refractivity contribution is 0.487. The van der Waals surface area contributed by atoms with Gasteiger partial charge in [0, 0.05) is 32.8 Å². The van der Waals surface area contributed by atoms with E-state index in [4.69, 9.17) is 9.47 Å². The van der Waals surface area contributed by atoms with Gasteiger partial charge in [0.15, 0.2) is 0 Å². The van der Waals surface area contributed by atoms with E-state index in [1.165, 1.54) is 0 Å². The first kappa shape index (κ1) is 29.0. The van der Waals surface area contributed by atoms with Crippen LogP contribution in [0.1, 0.15) is 11.1 Å². The van der Waals surface area contributed by atoms with Gasteiger partial charge >= 0.3 is 0 Å². The number of nitrogens with zero attached hydrogens (tertiary/aromatic N) is 2. The minimum absolute atomic E-state index is 0.600. The minimum atomic E-state index is 0.600. The Kier molecular flexibility index (Phi) is 5.61. The van der Waals surface area contributed by atoms with Crippen molar-refractivity contribution in [1.82, 2.24) is 0 Å². The highest BCUT2D eigenvalue weighted by molar-refractivity contribution is 6.30. The Morgan fingerprint density at radius 1 is 0.333 bits per heavy atom. The van der Waals surface area contributed by atoms with Crippen molar-refractivity contribution < 1.29 is 9.47 Å². The number of hydrogen-bond acceptors (Lipinski definition) is 4. The lowest BCUT2D eigenvalue weighted by Crippen LogP contribution is -1.99. The fraction of sp³-hybridized carbons (Fsp3) is 0. The van der Waals surface area contributed by atoms with E-state index in [1.54, 1.807) is 0 Å². The van der Waals surface area contributed by atoms with Crippen molar-refractivity contribution in [2.75, 3.05) is 0 Å². The minimum Gasteiger partial charge on any atom is -0.456 e. The molecule has 0 radical (unpaired) electrons. The molecule has 54 heavy (non-hydrogen) atoms. The van der Waals surface area contributed by atoms with Crippen molar-refractivity contribution in [3.05, 3.63) is 157 Å². The van der Waals surface area contributed by atoms with Gasteiger partial charge in [-0.25, -0.2) is 0 Å². The van der Waals surface area contributed by atoms with Crippen LogP contribution in [-0.4, -0.2) is 0 Å². The van der Waals surface area contributed by atoms with Crippen LogP contribution < -0.4 is 9.47 Å². The number of para-hydroxylation sites is 2. The van der Waals surface area contributed by atoms with Crippen LogP contribution in [0.2, 0.25) is 0 Å². The molecular weight excluding hydrogens is 661 g/mol. The molecule has 0 spiro atoms. The first-order chi connectivity index (χ1) is 26.7. The molecule has 246 valence electrons. The molecule has 0 unspecified atom stereocenters. The van der Waals surface area contributed by atoms with Crippen LogP contribution in [0.4, 0.5) is 0 Å². The summed E-state index contributed by atoms with van der Waals surface area (Å²) in [5, 5.41) is 31.5. The molecule has 2 heterocycles. The molecule has 2 aliphatic rings. The second-order valence-corrected chi connectivity index (χ2v) is 14.1. The molecule has 4 nitrogen and oxygen atoms in total. The first-order valence-electron chi connectivity index (χ1n) is 18.0. The van der Waals surface area contributed by atoms with E-state index in [9.17, 15) is 10.5 Å². The number of nitriles is 2. The van der Waals surface area contributed by atoms with Crippen molar-refractivity contribution in [3.8, 4) is 79.6 Å². The SMILES string of the molecule is N#Cc1cc2ccc3c(-c4ccc5c6c(cccc46)-c4ccccc4O5)cc(C#N)c4ccc(c1-c1ccc5c6c(cccc16)Oc1ccccc1-5)c2c43. The first-order valence-corrected chi connectivity index (χ1v) is 18.0. The molecule has 2 aliphatic heterocycles. The van der Waals surface area contributed by atoms with E-state index in [0.717, 1.165) is 121 Å². The topological polar surface area (TPSA) is 66.0 Å². The maximum Gasteiger partial charge on any atom is 0.135 e. The van der Waals surface area contributed by atoms with E-state index in [0.29, 0.717) is 11.1 Å². The third-order valence-corrected chi connectivity index (χ3v) is 11.5. The van der Waals surface area contributed by atoms with Gasteiger partial charge in [0.25, 0.3) is 0 Å². The standard InChI is InChI=1S/C50H24N2O2/c51-25-28-24-41(31-21-22-45-48-34(31)9-5-10-35(48)32-7-1-3-12-42(32)54-45)39-16-15-27-23-29(26-52)46(40-20-17-30(28)50(39)47(27)40)38-19-18-37-33-8-2-4-13-43(33)53-44-14-6-11-36(38)49(37)44/h1-24H. The summed E-state index contributed by atoms with van der Waals surface area (Å²) in [5.74, 6) is 3.31. The molecule has 0 N–H and O–H groups in total. The molecular formula is C50H24N2O2. The number of hydrogen-bond donors (Lipinski definition) is 0. The van der Waals surface area contributed by atoms with Crippen LogP contribution in [0.25, 0.3) is 98.4 Å². The predicted octanol–water partition coefficient (Wildman–Crippen LogP) is 13.5. The fourth-order valence-corrected chi connectivity index (χ4v) is 9.28. The fourth-order valence-electron chi connectivity index (χ4n) is 9.28. The van der Waals surface area contributed by atoms with E-state index < -0.39 is 0 Å². The number of fused-ring (bicyclic) bond motifs is 4. The Morgan fingerprint density at radius 2 is 0.889 bits per heavy atom. The normalized spacial score (nSPS) is 12.3. The third-order valence-electron chi connectivity index (χ3n) is 11.5. The zero-order valence-corrected chi connectivity index (χ0v) is 28.6. The summed E-state index contributed by atoms with van der Waals surface area (Å²) >= 11 is 0. The zero-order valence-electron chi connectivity index (χ0n) is 28.6. The summed E-state index contributed by atoms with van der Waals surface area (Å²) in [6, 6.07) is 54.9. The lowest BCUT2D eigenvalue weighted by atomic mass is 9.82.